The fraction of sp³-hybridized carbons (Fsp3) is 0.846. The minimum Gasteiger partial charge on any atom is -0.389 e. The van der Waals surface area contributed by atoms with Gasteiger partial charge in [0.1, 0.15) is 0 Å². The number of hydrogen-bond acceptors (Lipinski definition) is 5. The van der Waals surface area contributed by atoms with Crippen LogP contribution in [0.5, 0.6) is 0 Å². The van der Waals surface area contributed by atoms with Gasteiger partial charge < -0.3 is 15.2 Å². The van der Waals surface area contributed by atoms with Crippen LogP contribution in [-0.4, -0.2) is 50.7 Å². The Labute approximate surface area is 116 Å². The topological polar surface area (TPSA) is 75.6 Å². The lowest BCUT2D eigenvalue weighted by molar-refractivity contribution is -0.00874. The number of sulfone groups is 1. The van der Waals surface area contributed by atoms with Crippen molar-refractivity contribution >= 4 is 9.84 Å². The maximum absolute atomic E-state index is 11.2. The van der Waals surface area contributed by atoms with E-state index in [1.54, 1.807) is 6.08 Å². The van der Waals surface area contributed by atoms with Gasteiger partial charge in [0.15, 0.2) is 9.84 Å². The van der Waals surface area contributed by atoms with Gasteiger partial charge in [-0.05, 0) is 19.3 Å². The Morgan fingerprint density at radius 3 is 2.63 bits per heavy atom. The van der Waals surface area contributed by atoms with Crippen molar-refractivity contribution in [3.05, 3.63) is 11.5 Å². The summed E-state index contributed by atoms with van der Waals surface area (Å²) < 4.78 is 27.9. The Hall–Kier alpha value is -0.430. The first-order chi connectivity index (χ1) is 8.78. The molecule has 19 heavy (non-hydrogen) atoms. The van der Waals surface area contributed by atoms with E-state index in [4.69, 9.17) is 4.74 Å². The van der Waals surface area contributed by atoms with Crippen LogP contribution >= 0.6 is 0 Å². The van der Waals surface area contributed by atoms with Crippen molar-refractivity contribution in [2.75, 3.05) is 18.9 Å². The number of aliphatic hydroxyl groups excluding tert-OH is 1. The summed E-state index contributed by atoms with van der Waals surface area (Å²) in [6.45, 7) is 6.85. The molecule has 0 bridgehead atoms. The minimum absolute atomic E-state index is 0.0737. The summed E-state index contributed by atoms with van der Waals surface area (Å²) in [5.74, 6) is 0.642. The van der Waals surface area contributed by atoms with Crippen LogP contribution < -0.4 is 5.32 Å². The molecule has 6 heteroatoms. The summed E-state index contributed by atoms with van der Waals surface area (Å²) in [6, 6.07) is -0.201. The van der Waals surface area contributed by atoms with Crippen molar-refractivity contribution in [3.8, 4) is 0 Å². The number of ether oxygens (including phenoxy) is 1. The first kappa shape index (κ1) is 16.6. The van der Waals surface area contributed by atoms with Gasteiger partial charge in [0.05, 0.1) is 24.6 Å². The molecule has 1 heterocycles. The van der Waals surface area contributed by atoms with E-state index < -0.39 is 15.9 Å². The Kier molecular flexibility index (Phi) is 6.46. The molecule has 2 N–H and O–H groups in total. The second kappa shape index (κ2) is 7.38. The lowest BCUT2D eigenvalue weighted by atomic mass is 10.1. The molecule has 0 aromatic carbocycles. The zero-order chi connectivity index (χ0) is 14.5. The highest BCUT2D eigenvalue weighted by atomic mass is 32.2. The largest absolute Gasteiger partial charge is 0.389 e. The van der Waals surface area contributed by atoms with Gasteiger partial charge in [-0.2, -0.15) is 0 Å². The number of aliphatic hydroxyl groups is 1. The Morgan fingerprint density at radius 2 is 2.11 bits per heavy atom. The van der Waals surface area contributed by atoms with Gasteiger partial charge in [-0.3, -0.25) is 0 Å². The summed E-state index contributed by atoms with van der Waals surface area (Å²) in [5.41, 5.74) is 0. The first-order valence-corrected chi connectivity index (χ1v) is 8.44. The zero-order valence-corrected chi connectivity index (χ0v) is 12.7. The third-order valence-electron chi connectivity index (χ3n) is 2.92. The molecule has 0 spiro atoms. The fourth-order valence-electron chi connectivity index (χ4n) is 2.06. The number of hydrogen-bond donors (Lipinski definition) is 2. The molecule has 0 radical (unpaired) electrons. The van der Waals surface area contributed by atoms with Crippen LogP contribution in [-0.2, 0) is 14.6 Å². The van der Waals surface area contributed by atoms with Crippen LogP contribution in [0.15, 0.2) is 11.5 Å². The van der Waals surface area contributed by atoms with Gasteiger partial charge in [0.25, 0.3) is 0 Å². The summed E-state index contributed by atoms with van der Waals surface area (Å²) in [5, 5.41) is 14.0. The van der Waals surface area contributed by atoms with Crippen LogP contribution in [0, 0.1) is 5.92 Å². The average Bonchev–Trinajstić information content (AvgIpc) is 2.63. The van der Waals surface area contributed by atoms with Crippen molar-refractivity contribution in [1.29, 1.82) is 0 Å². The molecule has 0 aliphatic carbocycles. The standard InChI is InChI=1S/C13H25NO4S/c1-10(2)6-11(3)18-8-13(15)7-14-12-4-5-19(16,17)9-12/h4-5,10-15H,6-9H2,1-3H3. The Balaban J connectivity index is 2.15. The van der Waals surface area contributed by atoms with E-state index in [-0.39, 0.29) is 24.5 Å². The fourth-order valence-corrected chi connectivity index (χ4v) is 3.33. The van der Waals surface area contributed by atoms with Crippen LogP contribution in [0.25, 0.3) is 0 Å². The van der Waals surface area contributed by atoms with Crippen molar-refractivity contribution < 1.29 is 18.3 Å². The summed E-state index contributed by atoms with van der Waals surface area (Å²) in [7, 11) is -3.04. The quantitative estimate of drug-likeness (QED) is 0.688. The second-order valence-electron chi connectivity index (χ2n) is 5.60. The van der Waals surface area contributed by atoms with E-state index in [0.29, 0.717) is 12.5 Å². The van der Waals surface area contributed by atoms with E-state index in [9.17, 15) is 13.5 Å². The molecule has 1 rings (SSSR count). The predicted octanol–water partition coefficient (Wildman–Crippen LogP) is 0.699. The Morgan fingerprint density at radius 1 is 1.42 bits per heavy atom. The van der Waals surface area contributed by atoms with Gasteiger partial charge in [0, 0.05) is 18.0 Å². The molecular weight excluding hydrogens is 266 g/mol. The van der Waals surface area contributed by atoms with Crippen LogP contribution in [0.3, 0.4) is 0 Å². The van der Waals surface area contributed by atoms with E-state index in [1.807, 2.05) is 6.92 Å². The molecule has 0 amide bonds. The third-order valence-corrected chi connectivity index (χ3v) is 4.32. The third kappa shape index (κ3) is 7.06. The van der Waals surface area contributed by atoms with Crippen LogP contribution in [0.4, 0.5) is 0 Å². The molecular formula is C13H25NO4S. The number of nitrogens with one attached hydrogen (secondary N) is 1. The highest BCUT2D eigenvalue weighted by Crippen LogP contribution is 2.09. The maximum Gasteiger partial charge on any atom is 0.173 e. The first-order valence-electron chi connectivity index (χ1n) is 6.72. The minimum atomic E-state index is -3.04. The SMILES string of the molecule is CC(C)CC(C)OCC(O)CNC1C=CS(=O)(=O)C1. The molecule has 0 saturated heterocycles. The maximum atomic E-state index is 11.2. The normalized spacial score (nSPS) is 24.8. The molecule has 0 fully saturated rings. The zero-order valence-electron chi connectivity index (χ0n) is 11.9. The van der Waals surface area contributed by atoms with E-state index in [0.717, 1.165) is 6.42 Å². The van der Waals surface area contributed by atoms with Gasteiger partial charge >= 0.3 is 0 Å². The highest BCUT2D eigenvalue weighted by Gasteiger charge is 2.21. The van der Waals surface area contributed by atoms with Gasteiger partial charge in [0.2, 0.25) is 0 Å². The number of rotatable bonds is 8. The monoisotopic (exact) mass is 291 g/mol. The van der Waals surface area contributed by atoms with E-state index in [2.05, 4.69) is 19.2 Å². The molecule has 5 nitrogen and oxygen atoms in total. The molecule has 1 aliphatic heterocycles. The van der Waals surface area contributed by atoms with Gasteiger partial charge in [-0.25, -0.2) is 8.42 Å². The molecule has 1 aliphatic rings. The molecule has 0 aromatic rings. The predicted molar refractivity (Wildman–Crippen MR) is 75.6 cm³/mol. The lowest BCUT2D eigenvalue weighted by Crippen LogP contribution is -2.38. The van der Waals surface area contributed by atoms with E-state index >= 15 is 0 Å². The van der Waals surface area contributed by atoms with E-state index in [1.165, 1.54) is 5.41 Å². The molecule has 0 saturated carbocycles. The van der Waals surface area contributed by atoms with Crippen LogP contribution in [0.1, 0.15) is 27.2 Å². The smallest absolute Gasteiger partial charge is 0.173 e. The van der Waals surface area contributed by atoms with Crippen molar-refractivity contribution in [1.82, 2.24) is 5.32 Å². The average molecular weight is 291 g/mol. The Bertz CT molecular complexity index is 391. The molecule has 0 aromatic heterocycles. The summed E-state index contributed by atoms with van der Waals surface area (Å²) in [4.78, 5) is 0. The van der Waals surface area contributed by atoms with Crippen molar-refractivity contribution in [3.63, 3.8) is 0 Å². The summed E-state index contributed by atoms with van der Waals surface area (Å²) >= 11 is 0. The molecule has 112 valence electrons. The highest BCUT2D eigenvalue weighted by molar-refractivity contribution is 7.94. The summed E-state index contributed by atoms with van der Waals surface area (Å²) in [6.07, 6.45) is 2.08. The molecule has 3 unspecified atom stereocenters. The van der Waals surface area contributed by atoms with Gasteiger partial charge in [-0.15, -0.1) is 0 Å². The second-order valence-corrected chi connectivity index (χ2v) is 7.53. The lowest BCUT2D eigenvalue weighted by Gasteiger charge is -2.19. The van der Waals surface area contributed by atoms with Crippen LogP contribution in [0.2, 0.25) is 0 Å². The van der Waals surface area contributed by atoms with Crippen molar-refractivity contribution in [2.24, 2.45) is 5.92 Å². The molecule has 3 atom stereocenters. The van der Waals surface area contributed by atoms with Crippen molar-refractivity contribution in [2.45, 2.75) is 45.4 Å². The van der Waals surface area contributed by atoms with Gasteiger partial charge in [-0.1, -0.05) is 19.9 Å².